The number of carboxylic acid groups (broad SMARTS) is 1. The second-order valence-electron chi connectivity index (χ2n) is 4.99. The van der Waals surface area contributed by atoms with Crippen LogP contribution in [0.4, 0.5) is 0 Å². The number of fused-ring (bicyclic) bond motifs is 1. The van der Waals surface area contributed by atoms with Crippen LogP contribution >= 0.6 is 0 Å². The van der Waals surface area contributed by atoms with E-state index in [4.69, 9.17) is 9.52 Å². The monoisotopic (exact) mass is 275 g/mol. The number of carbonyl (C=O) groups excluding carboxylic acids is 1. The molecule has 2 rings (SSSR count). The van der Waals surface area contributed by atoms with Gasteiger partial charge in [0, 0.05) is 10.9 Å². The van der Waals surface area contributed by atoms with Gasteiger partial charge >= 0.3 is 5.97 Å². The maximum Gasteiger partial charge on any atom is 0.325 e. The largest absolute Gasteiger partial charge is 0.480 e. The lowest BCUT2D eigenvalue weighted by molar-refractivity contribution is -0.138. The molecule has 1 amide bonds. The Bertz CT molecular complexity index is 699. The number of amides is 1. The maximum absolute atomic E-state index is 12.1. The van der Waals surface area contributed by atoms with Crippen LogP contribution in [0.3, 0.4) is 0 Å². The van der Waals surface area contributed by atoms with Crippen LogP contribution in [0, 0.1) is 20.8 Å². The van der Waals surface area contributed by atoms with E-state index < -0.39 is 17.9 Å². The van der Waals surface area contributed by atoms with E-state index in [0.717, 1.165) is 22.1 Å². The molecule has 0 aliphatic rings. The minimum Gasteiger partial charge on any atom is -0.480 e. The Labute approximate surface area is 116 Å². The van der Waals surface area contributed by atoms with Gasteiger partial charge in [0.05, 0.1) is 0 Å². The molecule has 2 aromatic rings. The zero-order valence-electron chi connectivity index (χ0n) is 11.9. The Hall–Kier alpha value is -2.30. The van der Waals surface area contributed by atoms with Crippen molar-refractivity contribution in [3.8, 4) is 0 Å². The fourth-order valence-corrected chi connectivity index (χ4v) is 2.22. The molecule has 1 heterocycles. The topological polar surface area (TPSA) is 79.5 Å². The minimum atomic E-state index is -1.08. The molecule has 2 N–H and O–H groups in total. The number of furan rings is 1. The Balaban J connectivity index is 2.48. The number of carboxylic acids is 1. The quantitative estimate of drug-likeness (QED) is 0.902. The van der Waals surface area contributed by atoms with Gasteiger partial charge < -0.3 is 14.8 Å². The smallest absolute Gasteiger partial charge is 0.325 e. The van der Waals surface area contributed by atoms with Crippen LogP contribution in [0.1, 0.15) is 34.2 Å². The van der Waals surface area contributed by atoms with E-state index in [1.165, 1.54) is 6.92 Å². The SMILES string of the molecule is Cc1ccc(C)c2c(C)c(C(=O)N[C@H](C)C(=O)O)oc12. The first kappa shape index (κ1) is 14.1. The van der Waals surface area contributed by atoms with Crippen molar-refractivity contribution >= 4 is 22.8 Å². The lowest BCUT2D eigenvalue weighted by Gasteiger charge is -2.07. The van der Waals surface area contributed by atoms with Gasteiger partial charge in [0.2, 0.25) is 0 Å². The highest BCUT2D eigenvalue weighted by Gasteiger charge is 2.22. The van der Waals surface area contributed by atoms with Crippen molar-refractivity contribution in [2.45, 2.75) is 33.7 Å². The van der Waals surface area contributed by atoms with Crippen LogP contribution in [0.25, 0.3) is 11.0 Å². The molecule has 0 aliphatic carbocycles. The fourth-order valence-electron chi connectivity index (χ4n) is 2.22. The van der Waals surface area contributed by atoms with E-state index in [-0.39, 0.29) is 5.76 Å². The molecule has 1 aromatic carbocycles. The molecule has 0 saturated carbocycles. The third kappa shape index (κ3) is 2.27. The third-order valence-electron chi connectivity index (χ3n) is 3.41. The summed E-state index contributed by atoms with van der Waals surface area (Å²) in [6.07, 6.45) is 0. The van der Waals surface area contributed by atoms with Crippen molar-refractivity contribution in [3.63, 3.8) is 0 Å². The first-order chi connectivity index (χ1) is 9.32. The molecular weight excluding hydrogens is 258 g/mol. The van der Waals surface area contributed by atoms with Crippen molar-refractivity contribution in [2.24, 2.45) is 0 Å². The Morgan fingerprint density at radius 3 is 2.35 bits per heavy atom. The Morgan fingerprint density at radius 2 is 1.80 bits per heavy atom. The lowest BCUT2D eigenvalue weighted by Crippen LogP contribution is -2.38. The average molecular weight is 275 g/mol. The summed E-state index contributed by atoms with van der Waals surface area (Å²) in [5.41, 5.74) is 3.38. The van der Waals surface area contributed by atoms with Crippen molar-refractivity contribution in [3.05, 3.63) is 34.6 Å². The number of hydrogen-bond donors (Lipinski definition) is 2. The zero-order valence-corrected chi connectivity index (χ0v) is 11.9. The first-order valence-corrected chi connectivity index (χ1v) is 6.36. The number of nitrogens with one attached hydrogen (secondary N) is 1. The highest BCUT2D eigenvalue weighted by Crippen LogP contribution is 2.30. The van der Waals surface area contributed by atoms with Crippen LogP contribution in [0.15, 0.2) is 16.5 Å². The van der Waals surface area contributed by atoms with Gasteiger partial charge in [-0.3, -0.25) is 9.59 Å². The van der Waals surface area contributed by atoms with Crippen molar-refractivity contribution < 1.29 is 19.1 Å². The summed E-state index contributed by atoms with van der Waals surface area (Å²) >= 11 is 0. The molecule has 5 heteroatoms. The average Bonchev–Trinajstić information content (AvgIpc) is 2.73. The first-order valence-electron chi connectivity index (χ1n) is 6.36. The molecular formula is C15H17NO4. The van der Waals surface area contributed by atoms with Crippen molar-refractivity contribution in [2.75, 3.05) is 0 Å². The van der Waals surface area contributed by atoms with E-state index in [0.29, 0.717) is 5.58 Å². The molecule has 0 bridgehead atoms. The summed E-state index contributed by atoms with van der Waals surface area (Å²) in [6, 6.07) is 2.95. The molecule has 1 aromatic heterocycles. The van der Waals surface area contributed by atoms with Crippen LogP contribution in [0.2, 0.25) is 0 Å². The van der Waals surface area contributed by atoms with Gasteiger partial charge in [0.25, 0.3) is 5.91 Å². The second-order valence-corrected chi connectivity index (χ2v) is 4.99. The normalized spacial score (nSPS) is 12.4. The van der Waals surface area contributed by atoms with Gasteiger partial charge in [-0.15, -0.1) is 0 Å². The molecule has 20 heavy (non-hydrogen) atoms. The van der Waals surface area contributed by atoms with Gasteiger partial charge in [-0.05, 0) is 38.8 Å². The predicted molar refractivity (Wildman–Crippen MR) is 75.0 cm³/mol. The molecule has 0 spiro atoms. The maximum atomic E-state index is 12.1. The second kappa shape index (κ2) is 5.00. The van der Waals surface area contributed by atoms with E-state index in [1.807, 2.05) is 26.0 Å². The summed E-state index contributed by atoms with van der Waals surface area (Å²) in [5, 5.41) is 12.1. The number of carbonyl (C=O) groups is 2. The minimum absolute atomic E-state index is 0.172. The molecule has 0 saturated heterocycles. The van der Waals surface area contributed by atoms with Crippen LogP contribution in [0.5, 0.6) is 0 Å². The summed E-state index contributed by atoms with van der Waals surface area (Å²) < 4.78 is 5.65. The number of aliphatic carboxylic acids is 1. The van der Waals surface area contributed by atoms with Crippen molar-refractivity contribution in [1.29, 1.82) is 0 Å². The Morgan fingerprint density at radius 1 is 1.20 bits per heavy atom. The van der Waals surface area contributed by atoms with E-state index in [9.17, 15) is 9.59 Å². The third-order valence-corrected chi connectivity index (χ3v) is 3.41. The van der Waals surface area contributed by atoms with Crippen molar-refractivity contribution in [1.82, 2.24) is 5.32 Å². The molecule has 0 unspecified atom stereocenters. The van der Waals surface area contributed by atoms with Crippen LogP contribution < -0.4 is 5.32 Å². The van der Waals surface area contributed by atoms with Crippen LogP contribution in [-0.2, 0) is 4.79 Å². The van der Waals surface area contributed by atoms with Gasteiger partial charge in [-0.25, -0.2) is 0 Å². The molecule has 106 valence electrons. The van der Waals surface area contributed by atoms with Gasteiger partial charge in [0.15, 0.2) is 5.76 Å². The fraction of sp³-hybridized carbons (Fsp3) is 0.333. The van der Waals surface area contributed by atoms with E-state index >= 15 is 0 Å². The van der Waals surface area contributed by atoms with Gasteiger partial charge in [-0.1, -0.05) is 12.1 Å². The summed E-state index contributed by atoms with van der Waals surface area (Å²) in [7, 11) is 0. The lowest BCUT2D eigenvalue weighted by atomic mass is 10.0. The molecule has 0 aliphatic heterocycles. The molecule has 0 radical (unpaired) electrons. The number of hydrogen-bond acceptors (Lipinski definition) is 3. The molecule has 5 nitrogen and oxygen atoms in total. The number of rotatable bonds is 3. The zero-order chi connectivity index (χ0) is 15.0. The highest BCUT2D eigenvalue weighted by atomic mass is 16.4. The van der Waals surface area contributed by atoms with Gasteiger partial charge in [-0.2, -0.15) is 0 Å². The number of benzene rings is 1. The van der Waals surface area contributed by atoms with E-state index in [1.54, 1.807) is 6.92 Å². The summed E-state index contributed by atoms with van der Waals surface area (Å²) in [6.45, 7) is 7.07. The number of aryl methyl sites for hydroxylation is 3. The molecule has 1 atom stereocenters. The molecule has 0 fully saturated rings. The standard InChI is InChI=1S/C15H17NO4/c1-7-5-6-8(2)12-11(7)9(3)13(20-12)14(17)16-10(4)15(18)19/h5-6,10H,1-4H3,(H,16,17)(H,18,19)/t10-/m1/s1. The summed E-state index contributed by atoms with van der Waals surface area (Å²) in [4.78, 5) is 22.9. The predicted octanol–water partition coefficient (Wildman–Crippen LogP) is 2.56. The highest BCUT2D eigenvalue weighted by molar-refractivity contribution is 6.01. The van der Waals surface area contributed by atoms with Gasteiger partial charge in [0.1, 0.15) is 11.6 Å². The van der Waals surface area contributed by atoms with Crippen LogP contribution in [-0.4, -0.2) is 23.0 Å². The van der Waals surface area contributed by atoms with E-state index in [2.05, 4.69) is 5.32 Å². The summed E-state index contributed by atoms with van der Waals surface area (Å²) in [5.74, 6) is -1.42. The Kier molecular flexibility index (Phi) is 3.53.